The average Bonchev–Trinajstić information content (AvgIpc) is 3.00. The molecule has 2 saturated heterocycles. The van der Waals surface area contributed by atoms with E-state index in [1.165, 1.54) is 18.2 Å². The predicted octanol–water partition coefficient (Wildman–Crippen LogP) is 4.59. The second kappa shape index (κ2) is 14.0. The maximum absolute atomic E-state index is 13.1. The van der Waals surface area contributed by atoms with Crippen LogP contribution in [0.2, 0.25) is 5.15 Å². The first kappa shape index (κ1) is 29.8. The summed E-state index contributed by atoms with van der Waals surface area (Å²) in [5.74, 6) is 2.45. The maximum atomic E-state index is 13.1. The van der Waals surface area contributed by atoms with Crippen LogP contribution in [-0.4, -0.2) is 95.8 Å². The summed E-state index contributed by atoms with van der Waals surface area (Å²) in [6.07, 6.45) is 5.60. The number of benzene rings is 1. The summed E-state index contributed by atoms with van der Waals surface area (Å²) in [5, 5.41) is 0.860. The standard InChI is InChI=1S/C30H41ClN6O3S/c1-3-40-25-12-8-7-11-24(25)34-13-15-35(16-14-34)28(38)21-41-30-32-26(31)19-27(33-30)36-17-18-37(22(2)20-36)29(39)23-9-5-4-6-10-23/h7-8,11-12,19,22-23H,3-6,9-10,13-18,20-21H2,1-2H3. The molecule has 41 heavy (non-hydrogen) atoms. The van der Waals surface area contributed by atoms with Gasteiger partial charge in [-0.05, 0) is 38.8 Å². The number of halogens is 1. The fourth-order valence-corrected chi connectivity index (χ4v) is 7.08. The van der Waals surface area contributed by atoms with Gasteiger partial charge in [-0.1, -0.05) is 54.8 Å². The fourth-order valence-electron chi connectivity index (χ4n) is 6.10. The summed E-state index contributed by atoms with van der Waals surface area (Å²) in [7, 11) is 0. The van der Waals surface area contributed by atoms with Crippen LogP contribution in [0.4, 0.5) is 11.5 Å². The summed E-state index contributed by atoms with van der Waals surface area (Å²) in [6, 6.07) is 9.93. The van der Waals surface area contributed by atoms with Gasteiger partial charge >= 0.3 is 0 Å². The number of aromatic nitrogens is 2. The highest BCUT2D eigenvalue weighted by molar-refractivity contribution is 7.99. The van der Waals surface area contributed by atoms with Crippen molar-refractivity contribution in [2.45, 2.75) is 57.1 Å². The van der Waals surface area contributed by atoms with Gasteiger partial charge in [0, 0.05) is 63.8 Å². The molecular weight excluding hydrogens is 560 g/mol. The van der Waals surface area contributed by atoms with Gasteiger partial charge in [0.15, 0.2) is 5.16 Å². The van der Waals surface area contributed by atoms with Gasteiger partial charge in [0.25, 0.3) is 0 Å². The number of carbonyl (C=O) groups is 2. The van der Waals surface area contributed by atoms with Crippen molar-refractivity contribution < 1.29 is 14.3 Å². The topological polar surface area (TPSA) is 82.1 Å². The van der Waals surface area contributed by atoms with Crippen molar-refractivity contribution in [3.05, 3.63) is 35.5 Å². The lowest BCUT2D eigenvalue weighted by atomic mass is 9.88. The first-order chi connectivity index (χ1) is 19.9. The summed E-state index contributed by atoms with van der Waals surface area (Å²) < 4.78 is 5.79. The van der Waals surface area contributed by atoms with Gasteiger partial charge in [0.2, 0.25) is 11.8 Å². The summed E-state index contributed by atoms with van der Waals surface area (Å²) >= 11 is 7.72. The highest BCUT2D eigenvalue weighted by Gasteiger charge is 2.33. The molecule has 1 aromatic carbocycles. The maximum Gasteiger partial charge on any atom is 0.233 e. The number of nitrogens with zero attached hydrogens (tertiary/aromatic N) is 6. The molecule has 1 saturated carbocycles. The molecule has 2 aliphatic heterocycles. The van der Waals surface area contributed by atoms with Gasteiger partial charge in [-0.25, -0.2) is 9.97 Å². The van der Waals surface area contributed by atoms with Gasteiger partial charge in [-0.3, -0.25) is 9.59 Å². The SMILES string of the molecule is CCOc1ccccc1N1CCN(C(=O)CSc2nc(Cl)cc(N3CCN(C(=O)C4CCCCC4)C(C)C3)n2)CC1. The van der Waals surface area contributed by atoms with Crippen LogP contribution in [0.5, 0.6) is 5.75 Å². The van der Waals surface area contributed by atoms with Gasteiger partial charge in [0.05, 0.1) is 18.0 Å². The monoisotopic (exact) mass is 600 g/mol. The van der Waals surface area contributed by atoms with Crippen LogP contribution < -0.4 is 14.5 Å². The van der Waals surface area contributed by atoms with Crippen LogP contribution in [0.1, 0.15) is 46.0 Å². The lowest BCUT2D eigenvalue weighted by molar-refractivity contribution is -0.139. The molecule has 9 nitrogen and oxygen atoms in total. The molecule has 3 heterocycles. The lowest BCUT2D eigenvalue weighted by Gasteiger charge is -2.42. The van der Waals surface area contributed by atoms with Crippen molar-refractivity contribution in [1.29, 1.82) is 0 Å². The first-order valence-corrected chi connectivity index (χ1v) is 16.3. The van der Waals surface area contributed by atoms with Crippen molar-refractivity contribution in [1.82, 2.24) is 19.8 Å². The number of anilines is 2. The third kappa shape index (κ3) is 7.38. The highest BCUT2D eigenvalue weighted by atomic mass is 35.5. The minimum Gasteiger partial charge on any atom is -0.492 e. The van der Waals surface area contributed by atoms with E-state index >= 15 is 0 Å². The van der Waals surface area contributed by atoms with Crippen molar-refractivity contribution in [2.24, 2.45) is 5.92 Å². The van der Waals surface area contributed by atoms with Crippen molar-refractivity contribution in [3.63, 3.8) is 0 Å². The van der Waals surface area contributed by atoms with E-state index in [1.54, 1.807) is 6.07 Å². The minimum absolute atomic E-state index is 0.0707. The third-order valence-corrected chi connectivity index (χ3v) is 9.34. The third-order valence-electron chi connectivity index (χ3n) is 8.31. The molecule has 222 valence electrons. The number of thioether (sulfide) groups is 1. The molecule has 3 aliphatic rings. The molecule has 1 unspecified atom stereocenters. The highest BCUT2D eigenvalue weighted by Crippen LogP contribution is 2.30. The van der Waals surface area contributed by atoms with Gasteiger partial charge in [-0.15, -0.1) is 0 Å². The van der Waals surface area contributed by atoms with Crippen LogP contribution in [0, 0.1) is 5.92 Å². The fraction of sp³-hybridized carbons (Fsp3) is 0.600. The molecule has 2 aromatic rings. The summed E-state index contributed by atoms with van der Waals surface area (Å²) in [6.45, 7) is 9.62. The number of rotatable bonds is 8. The Morgan fingerprint density at radius 3 is 2.46 bits per heavy atom. The van der Waals surface area contributed by atoms with E-state index in [9.17, 15) is 9.59 Å². The summed E-state index contributed by atoms with van der Waals surface area (Å²) in [4.78, 5) is 43.7. The molecule has 3 fully saturated rings. The van der Waals surface area contributed by atoms with E-state index in [1.807, 2.05) is 30.0 Å². The molecule has 0 N–H and O–H groups in total. The Morgan fingerprint density at radius 2 is 1.73 bits per heavy atom. The van der Waals surface area contributed by atoms with E-state index in [0.29, 0.717) is 55.5 Å². The molecule has 1 aromatic heterocycles. The van der Waals surface area contributed by atoms with Gasteiger partial charge in [0.1, 0.15) is 16.7 Å². The number of ether oxygens (including phenoxy) is 1. The van der Waals surface area contributed by atoms with Crippen molar-refractivity contribution in [3.8, 4) is 5.75 Å². The Kier molecular flexibility index (Phi) is 10.1. The van der Waals surface area contributed by atoms with Crippen LogP contribution in [0.25, 0.3) is 0 Å². The van der Waals surface area contributed by atoms with Crippen LogP contribution >= 0.6 is 23.4 Å². The molecule has 0 radical (unpaired) electrons. The van der Waals surface area contributed by atoms with Gasteiger partial charge in [-0.2, -0.15) is 0 Å². The number of para-hydroxylation sites is 2. The van der Waals surface area contributed by atoms with E-state index in [2.05, 4.69) is 32.7 Å². The van der Waals surface area contributed by atoms with E-state index in [4.69, 9.17) is 21.3 Å². The molecule has 5 rings (SSSR count). The largest absolute Gasteiger partial charge is 0.492 e. The first-order valence-electron chi connectivity index (χ1n) is 14.9. The smallest absolute Gasteiger partial charge is 0.233 e. The number of amides is 2. The Bertz CT molecular complexity index is 1200. The van der Waals surface area contributed by atoms with E-state index in [-0.39, 0.29) is 23.6 Å². The zero-order valence-electron chi connectivity index (χ0n) is 24.1. The van der Waals surface area contributed by atoms with Crippen LogP contribution in [0.15, 0.2) is 35.5 Å². The molecule has 1 atom stereocenters. The number of hydrogen-bond acceptors (Lipinski definition) is 8. The average molecular weight is 601 g/mol. The number of carbonyl (C=O) groups excluding carboxylic acids is 2. The summed E-state index contributed by atoms with van der Waals surface area (Å²) in [5.41, 5.74) is 1.07. The molecule has 0 bridgehead atoms. The van der Waals surface area contributed by atoms with Gasteiger partial charge < -0.3 is 24.3 Å². The number of piperazine rings is 2. The normalized spacial score (nSPS) is 20.3. The quantitative estimate of drug-likeness (QED) is 0.247. The molecule has 0 spiro atoms. The van der Waals surface area contributed by atoms with E-state index < -0.39 is 0 Å². The molecule has 11 heteroatoms. The Balaban J connectivity index is 1.13. The van der Waals surface area contributed by atoms with Crippen molar-refractivity contribution in [2.75, 3.05) is 68.0 Å². The second-order valence-corrected chi connectivity index (χ2v) is 12.4. The molecule has 1 aliphatic carbocycles. The second-order valence-electron chi connectivity index (χ2n) is 11.1. The minimum atomic E-state index is 0.0707. The van der Waals surface area contributed by atoms with Crippen LogP contribution in [-0.2, 0) is 9.59 Å². The molecular formula is C30H41ClN6O3S. The Morgan fingerprint density at radius 1 is 1.00 bits per heavy atom. The Hall–Kier alpha value is -2.72. The van der Waals surface area contributed by atoms with Crippen molar-refractivity contribution >= 4 is 46.7 Å². The predicted molar refractivity (Wildman–Crippen MR) is 164 cm³/mol. The zero-order valence-corrected chi connectivity index (χ0v) is 25.7. The Labute approximate surface area is 252 Å². The van der Waals surface area contributed by atoms with E-state index in [0.717, 1.165) is 56.0 Å². The zero-order chi connectivity index (χ0) is 28.8. The van der Waals surface area contributed by atoms with Crippen LogP contribution in [0.3, 0.4) is 0 Å². The number of hydrogen-bond donors (Lipinski definition) is 0. The lowest BCUT2D eigenvalue weighted by Crippen LogP contribution is -2.55. The molecule has 2 amide bonds.